The second-order valence-electron chi connectivity index (χ2n) is 1.00. The Morgan fingerprint density at radius 2 is 0.444 bits per heavy atom. The maximum atomic E-state index is 8.58. The molecule has 0 spiro atoms. The summed E-state index contributed by atoms with van der Waals surface area (Å²) in [5.41, 5.74) is 0. The van der Waals surface area contributed by atoms with Gasteiger partial charge < -0.3 is 0 Å². The van der Waals surface area contributed by atoms with Crippen LogP contribution in [0.15, 0.2) is 0 Å². The fourth-order valence-electron chi connectivity index (χ4n) is 0. The van der Waals surface area contributed by atoms with E-state index in [2.05, 4.69) is 0 Å². The van der Waals surface area contributed by atoms with E-state index >= 15 is 0 Å². The van der Waals surface area contributed by atoms with E-state index < -0.39 is 74.5 Å². The number of hydrogen-bond acceptors (Lipinski definition) is 12. The molecule has 0 atom stereocenters. The van der Waals surface area contributed by atoms with Crippen molar-refractivity contribution in [2.75, 3.05) is 0 Å². The Morgan fingerprint density at radius 1 is 0.444 bits per heavy atom. The molecule has 12 nitrogen and oxygen atoms in total. The average Bonchev–Trinajstić information content (AvgIpc) is 1.76. The maximum absolute atomic E-state index is 8.58. The van der Waals surface area contributed by atoms with Gasteiger partial charge in [0.2, 0.25) is 0 Å². The molecule has 0 fully saturated rings. The molecule has 0 N–H and O–H groups in total. The van der Waals surface area contributed by atoms with Crippen LogP contribution in [0.5, 0.6) is 0 Å². The second kappa shape index (κ2) is 32.3. The standard InChI is InChI=1S/12O.Pt.4Ti.Zr/q;;;;8*-1;+4;;;;;+4. The maximum Gasteiger partial charge on any atom is 4.00 e. The Kier molecular flexibility index (Phi) is 67.3. The quantitative estimate of drug-likeness (QED) is 0.218. The summed E-state index contributed by atoms with van der Waals surface area (Å²) in [4.78, 5) is 0. The van der Waals surface area contributed by atoms with E-state index in [4.69, 9.17) is 42.8 Å². The molecule has 0 aromatic heterocycles. The van der Waals surface area contributed by atoms with Crippen LogP contribution in [0.1, 0.15) is 0 Å². The number of hydrogen-bond donors (Lipinski definition) is 0. The average molecular weight is 670 g/mol. The smallest absolute Gasteiger partial charge is 4.00 e. The van der Waals surface area contributed by atoms with Gasteiger partial charge in [-0.25, -0.2) is 0 Å². The first kappa shape index (κ1) is 37.5. The molecule has 0 saturated heterocycles. The van der Waals surface area contributed by atoms with E-state index in [0.29, 0.717) is 0 Å². The molecule has 0 aromatic rings. The summed E-state index contributed by atoms with van der Waals surface area (Å²) in [5, 5.41) is 0. The minimum Gasteiger partial charge on any atom is 4.00 e. The molecule has 0 radical (unpaired) electrons. The molecule has 0 rings (SSSR count). The van der Waals surface area contributed by atoms with Crippen LogP contribution in [-0.2, 0) is 135 Å². The molecule has 18 heavy (non-hydrogen) atoms. The molecule has 0 unspecified atom stereocenters. The summed E-state index contributed by atoms with van der Waals surface area (Å²) >= 11 is -16.3. The second-order valence-corrected chi connectivity index (χ2v) is 4.12. The summed E-state index contributed by atoms with van der Waals surface area (Å²) in [6, 6.07) is 0. The van der Waals surface area contributed by atoms with Crippen molar-refractivity contribution in [2.24, 2.45) is 0 Å². The Hall–Kier alpha value is 3.31. The van der Waals surface area contributed by atoms with Crippen molar-refractivity contribution < 1.29 is 165 Å². The van der Waals surface area contributed by atoms with Crippen LogP contribution in [0.25, 0.3) is 0 Å². The molecular weight excluding hydrogens is 670 g/mol. The summed E-state index contributed by atoms with van der Waals surface area (Å²) in [5.74, 6) is 0. The van der Waals surface area contributed by atoms with Crippen molar-refractivity contribution in [1.82, 2.24) is 0 Å². The molecule has 0 aliphatic heterocycles. The van der Waals surface area contributed by atoms with Gasteiger partial charge in [0.15, 0.2) is 0 Å². The van der Waals surface area contributed by atoms with E-state index in [-0.39, 0.29) is 47.3 Å². The summed E-state index contributed by atoms with van der Waals surface area (Å²) in [6.45, 7) is 0. The van der Waals surface area contributed by atoms with Crippen molar-refractivity contribution >= 4 is 0 Å². The van der Waals surface area contributed by atoms with Gasteiger partial charge in [-0.1, -0.05) is 0 Å². The van der Waals surface area contributed by atoms with Crippen molar-refractivity contribution in [1.29, 1.82) is 0 Å². The van der Waals surface area contributed by atoms with Gasteiger partial charge in [0, 0.05) is 0 Å². The third-order valence-electron chi connectivity index (χ3n) is 0. The Bertz CT molecular complexity index is 164. The molecule has 18 heteroatoms. The van der Waals surface area contributed by atoms with Gasteiger partial charge in [-0.05, 0) is 0 Å². The van der Waals surface area contributed by atoms with Gasteiger partial charge in [0.1, 0.15) is 0 Å². The third kappa shape index (κ3) is 591. The van der Waals surface area contributed by atoms with Crippen LogP contribution < -0.4 is 29.5 Å². The first-order chi connectivity index (χ1) is 6.93. The Morgan fingerprint density at radius 3 is 0.444 bits per heavy atom. The fraction of sp³-hybridized carbons (Fsp3) is 0. The third-order valence-corrected chi connectivity index (χ3v) is 0. The fourth-order valence-corrected chi connectivity index (χ4v) is 0. The number of rotatable bonds is 0. The largest absolute Gasteiger partial charge is 4.00 e. The summed E-state index contributed by atoms with van der Waals surface area (Å²) < 4.78 is 103. The first-order valence-corrected chi connectivity index (χ1v) is 10.1. The van der Waals surface area contributed by atoms with Crippen molar-refractivity contribution in [2.45, 2.75) is 0 Å². The molecule has 0 aliphatic carbocycles. The Labute approximate surface area is 161 Å². The van der Waals surface area contributed by atoms with Crippen LogP contribution in [0.3, 0.4) is 0 Å². The molecule has 0 bridgehead atoms. The zero-order chi connectivity index (χ0) is 14.3. The van der Waals surface area contributed by atoms with Gasteiger partial charge in [0.05, 0.1) is 0 Å². The Balaban J connectivity index is -0.0000000257. The molecule has 0 aliphatic rings. The van der Waals surface area contributed by atoms with Gasteiger partial charge in [-0.15, -0.1) is 0 Å². The van der Waals surface area contributed by atoms with Crippen molar-refractivity contribution in [3.8, 4) is 0 Å². The van der Waals surface area contributed by atoms with Crippen LogP contribution in [0.4, 0.5) is 0 Å². The first-order valence-electron chi connectivity index (χ1n) is 2.45. The van der Waals surface area contributed by atoms with Crippen LogP contribution in [0, 0.1) is 0 Å². The van der Waals surface area contributed by atoms with E-state index in [1.807, 2.05) is 0 Å². The van der Waals surface area contributed by atoms with E-state index in [0.717, 1.165) is 0 Å². The van der Waals surface area contributed by atoms with Gasteiger partial charge in [-0.2, -0.15) is 0 Å². The molecular formula is O12PtTi4Zr. The van der Waals surface area contributed by atoms with E-state index in [1.165, 1.54) is 0 Å². The minimum absolute atomic E-state index is 0. The predicted octanol–water partition coefficient (Wildman–Crippen LogP) is -10.0. The monoisotopic (exact) mass is 669 g/mol. The molecule has 0 saturated carbocycles. The summed E-state index contributed by atoms with van der Waals surface area (Å²) in [7, 11) is 0. The van der Waals surface area contributed by atoms with Gasteiger partial charge >= 0.3 is 165 Å². The van der Waals surface area contributed by atoms with Gasteiger partial charge in [-0.3, -0.25) is 0 Å². The van der Waals surface area contributed by atoms with Gasteiger partial charge in [0.25, 0.3) is 0 Å². The zero-order valence-electron chi connectivity index (χ0n) is 7.72. The predicted molar refractivity (Wildman–Crippen MR) is 2.75 cm³/mol. The molecule has 0 heterocycles. The molecule has 0 amide bonds. The van der Waals surface area contributed by atoms with Crippen LogP contribution in [0.2, 0.25) is 0 Å². The van der Waals surface area contributed by atoms with E-state index in [9.17, 15) is 0 Å². The molecule has 0 aromatic carbocycles. The minimum atomic E-state index is -4.08. The zero-order valence-corrected chi connectivity index (χ0v) is 18.7. The SMILES string of the molecule is [O]=[Ti]([O-])[O-].[O]=[Ti]([O-])[O-].[O]=[Ti]([O-])[O-].[O]=[Ti]([O-])[O-].[Pt+4].[Zr+4]. The normalized spacial score (nSPS) is 5.78. The topological polar surface area (TPSA) is 253 Å². The van der Waals surface area contributed by atoms with Crippen LogP contribution >= 0.6 is 0 Å². The van der Waals surface area contributed by atoms with Crippen molar-refractivity contribution in [3.63, 3.8) is 0 Å². The van der Waals surface area contributed by atoms with E-state index in [1.54, 1.807) is 0 Å². The van der Waals surface area contributed by atoms with Crippen LogP contribution in [-0.4, -0.2) is 0 Å². The molecule has 102 valence electrons. The van der Waals surface area contributed by atoms with Crippen molar-refractivity contribution in [3.05, 3.63) is 0 Å². The summed E-state index contributed by atoms with van der Waals surface area (Å²) in [6.07, 6.45) is 0.